The SMILES string of the molecule is NC(=O)[C@@H](NCc1cc(-c2ccccc2)ccc1O)c1ccccc1. The van der Waals surface area contributed by atoms with Gasteiger partial charge in [0.2, 0.25) is 5.91 Å². The minimum Gasteiger partial charge on any atom is -0.508 e. The van der Waals surface area contributed by atoms with Gasteiger partial charge in [0.1, 0.15) is 11.8 Å². The Morgan fingerprint density at radius 2 is 1.56 bits per heavy atom. The van der Waals surface area contributed by atoms with Gasteiger partial charge in [0.15, 0.2) is 0 Å². The second-order valence-electron chi connectivity index (χ2n) is 5.84. The first-order valence-corrected chi connectivity index (χ1v) is 8.10. The van der Waals surface area contributed by atoms with Crippen molar-refractivity contribution in [3.8, 4) is 16.9 Å². The largest absolute Gasteiger partial charge is 0.508 e. The number of nitrogens with two attached hydrogens (primary N) is 1. The van der Waals surface area contributed by atoms with E-state index >= 15 is 0 Å². The van der Waals surface area contributed by atoms with Gasteiger partial charge >= 0.3 is 0 Å². The molecule has 0 bridgehead atoms. The number of hydrogen-bond acceptors (Lipinski definition) is 3. The molecule has 126 valence electrons. The van der Waals surface area contributed by atoms with Crippen LogP contribution in [-0.4, -0.2) is 11.0 Å². The number of amides is 1. The van der Waals surface area contributed by atoms with E-state index in [0.717, 1.165) is 16.7 Å². The third kappa shape index (κ3) is 4.05. The van der Waals surface area contributed by atoms with Crippen molar-refractivity contribution in [2.45, 2.75) is 12.6 Å². The lowest BCUT2D eigenvalue weighted by atomic mass is 10.0. The molecule has 1 atom stereocenters. The lowest BCUT2D eigenvalue weighted by Crippen LogP contribution is -2.33. The van der Waals surface area contributed by atoms with Crippen molar-refractivity contribution in [1.82, 2.24) is 5.32 Å². The summed E-state index contributed by atoms with van der Waals surface area (Å²) in [6.07, 6.45) is 0. The number of phenols is 1. The van der Waals surface area contributed by atoms with E-state index in [1.165, 1.54) is 0 Å². The average molecular weight is 332 g/mol. The molecule has 0 heterocycles. The van der Waals surface area contributed by atoms with Crippen molar-refractivity contribution in [3.05, 3.63) is 90.0 Å². The Hall–Kier alpha value is -3.11. The number of carbonyl (C=O) groups is 1. The van der Waals surface area contributed by atoms with E-state index in [9.17, 15) is 9.90 Å². The molecule has 0 fully saturated rings. The van der Waals surface area contributed by atoms with Gasteiger partial charge < -0.3 is 10.8 Å². The van der Waals surface area contributed by atoms with Gasteiger partial charge in [0.25, 0.3) is 0 Å². The van der Waals surface area contributed by atoms with Crippen molar-refractivity contribution < 1.29 is 9.90 Å². The monoisotopic (exact) mass is 332 g/mol. The molecule has 4 heteroatoms. The maximum Gasteiger partial charge on any atom is 0.239 e. The van der Waals surface area contributed by atoms with Gasteiger partial charge in [0.05, 0.1) is 0 Å². The molecule has 25 heavy (non-hydrogen) atoms. The highest BCUT2D eigenvalue weighted by Crippen LogP contribution is 2.26. The number of phenolic OH excluding ortho intramolecular Hbond substituents is 1. The van der Waals surface area contributed by atoms with Crippen LogP contribution in [0, 0.1) is 0 Å². The van der Waals surface area contributed by atoms with Gasteiger partial charge in [-0.25, -0.2) is 0 Å². The second-order valence-corrected chi connectivity index (χ2v) is 5.84. The fourth-order valence-electron chi connectivity index (χ4n) is 2.78. The van der Waals surface area contributed by atoms with Crippen molar-refractivity contribution in [1.29, 1.82) is 0 Å². The minimum absolute atomic E-state index is 0.184. The Balaban J connectivity index is 1.81. The Morgan fingerprint density at radius 3 is 2.20 bits per heavy atom. The van der Waals surface area contributed by atoms with E-state index in [2.05, 4.69) is 5.32 Å². The first-order chi connectivity index (χ1) is 12.1. The highest BCUT2D eigenvalue weighted by Gasteiger charge is 2.17. The summed E-state index contributed by atoms with van der Waals surface area (Å²) in [5, 5.41) is 13.3. The molecular formula is C21H20N2O2. The predicted octanol–water partition coefficient (Wildman–Crippen LogP) is 3.38. The fourth-order valence-corrected chi connectivity index (χ4v) is 2.78. The van der Waals surface area contributed by atoms with E-state index in [-0.39, 0.29) is 5.75 Å². The molecule has 0 saturated carbocycles. The predicted molar refractivity (Wildman–Crippen MR) is 98.8 cm³/mol. The number of aromatic hydroxyl groups is 1. The van der Waals surface area contributed by atoms with Crippen molar-refractivity contribution in [2.24, 2.45) is 5.73 Å². The normalized spacial score (nSPS) is 11.8. The minimum atomic E-state index is -0.610. The van der Waals surface area contributed by atoms with Gasteiger partial charge in [-0.15, -0.1) is 0 Å². The molecule has 0 aliphatic carbocycles. The number of nitrogens with one attached hydrogen (secondary N) is 1. The summed E-state index contributed by atoms with van der Waals surface area (Å²) < 4.78 is 0. The van der Waals surface area contributed by atoms with Gasteiger partial charge in [0, 0.05) is 12.1 Å². The number of carbonyl (C=O) groups excluding carboxylic acids is 1. The first-order valence-electron chi connectivity index (χ1n) is 8.10. The third-order valence-corrected chi connectivity index (χ3v) is 4.10. The molecule has 0 radical (unpaired) electrons. The molecule has 3 rings (SSSR count). The van der Waals surface area contributed by atoms with Crippen molar-refractivity contribution in [2.75, 3.05) is 0 Å². The third-order valence-electron chi connectivity index (χ3n) is 4.10. The van der Waals surface area contributed by atoms with Crippen LogP contribution in [-0.2, 0) is 11.3 Å². The molecule has 0 aromatic heterocycles. The van der Waals surface area contributed by atoms with Gasteiger partial charge in [-0.3, -0.25) is 10.1 Å². The zero-order valence-corrected chi connectivity index (χ0v) is 13.7. The first kappa shape index (κ1) is 16.7. The van der Waals surface area contributed by atoms with E-state index in [4.69, 9.17) is 5.73 Å². The van der Waals surface area contributed by atoms with E-state index in [1.54, 1.807) is 6.07 Å². The summed E-state index contributed by atoms with van der Waals surface area (Å²) in [6, 6.07) is 24.1. The maximum absolute atomic E-state index is 11.8. The van der Waals surface area contributed by atoms with Crippen LogP contribution < -0.4 is 11.1 Å². The van der Waals surface area contributed by atoms with Crippen LogP contribution in [0.25, 0.3) is 11.1 Å². The molecule has 0 spiro atoms. The van der Waals surface area contributed by atoms with Crippen LogP contribution in [0.1, 0.15) is 17.2 Å². The lowest BCUT2D eigenvalue weighted by molar-refractivity contribution is -0.120. The van der Waals surface area contributed by atoms with Crippen LogP contribution in [0.15, 0.2) is 78.9 Å². The van der Waals surface area contributed by atoms with Crippen molar-refractivity contribution >= 4 is 5.91 Å². The second kappa shape index (κ2) is 7.64. The highest BCUT2D eigenvalue weighted by molar-refractivity contribution is 5.81. The van der Waals surface area contributed by atoms with Gasteiger partial charge in [-0.05, 0) is 28.8 Å². The van der Waals surface area contributed by atoms with Crippen LogP contribution in [0.3, 0.4) is 0 Å². The molecule has 3 aromatic rings. The quantitative estimate of drug-likeness (QED) is 0.648. The molecule has 0 aliphatic rings. The molecule has 4 nitrogen and oxygen atoms in total. The van der Waals surface area contributed by atoms with E-state index < -0.39 is 11.9 Å². The summed E-state index contributed by atoms with van der Waals surface area (Å²) in [6.45, 7) is 0.328. The molecule has 0 unspecified atom stereocenters. The Labute approximate surface area is 146 Å². The summed E-state index contributed by atoms with van der Waals surface area (Å²) in [5.74, 6) is -0.270. The van der Waals surface area contributed by atoms with Gasteiger partial charge in [-0.2, -0.15) is 0 Å². The number of primary amides is 1. The standard InChI is InChI=1S/C21H20N2O2/c22-21(25)20(16-9-5-2-6-10-16)23-14-18-13-17(11-12-19(18)24)15-7-3-1-4-8-15/h1-13,20,23-24H,14H2,(H2,22,25)/t20-/m0/s1. The van der Waals surface area contributed by atoms with Gasteiger partial charge in [-0.1, -0.05) is 66.7 Å². The summed E-state index contributed by atoms with van der Waals surface area (Å²) in [7, 11) is 0. The van der Waals surface area contributed by atoms with Crippen LogP contribution >= 0.6 is 0 Å². The van der Waals surface area contributed by atoms with E-state index in [1.807, 2.05) is 72.8 Å². The number of benzene rings is 3. The van der Waals surface area contributed by atoms with Crippen LogP contribution in [0.5, 0.6) is 5.75 Å². The zero-order chi connectivity index (χ0) is 17.6. The average Bonchev–Trinajstić information content (AvgIpc) is 2.64. The summed E-state index contributed by atoms with van der Waals surface area (Å²) >= 11 is 0. The molecular weight excluding hydrogens is 312 g/mol. The highest BCUT2D eigenvalue weighted by atomic mass is 16.3. The molecule has 4 N–H and O–H groups in total. The Bertz CT molecular complexity index is 848. The summed E-state index contributed by atoms with van der Waals surface area (Å²) in [5.41, 5.74) is 9.11. The van der Waals surface area contributed by atoms with E-state index in [0.29, 0.717) is 12.1 Å². The number of rotatable bonds is 6. The van der Waals surface area contributed by atoms with Crippen LogP contribution in [0.4, 0.5) is 0 Å². The van der Waals surface area contributed by atoms with Crippen LogP contribution in [0.2, 0.25) is 0 Å². The fraction of sp³-hybridized carbons (Fsp3) is 0.0952. The van der Waals surface area contributed by atoms with Crippen molar-refractivity contribution in [3.63, 3.8) is 0 Å². The molecule has 1 amide bonds. The molecule has 0 aliphatic heterocycles. The molecule has 0 saturated heterocycles. The lowest BCUT2D eigenvalue weighted by Gasteiger charge is -2.17. The Kier molecular flexibility index (Phi) is 5.11. The molecule has 3 aromatic carbocycles. The topological polar surface area (TPSA) is 75.4 Å². The maximum atomic E-state index is 11.8. The summed E-state index contributed by atoms with van der Waals surface area (Å²) in [4.78, 5) is 11.8. The zero-order valence-electron chi connectivity index (χ0n) is 13.7. The smallest absolute Gasteiger partial charge is 0.239 e. The number of hydrogen-bond donors (Lipinski definition) is 3. The Morgan fingerprint density at radius 1 is 0.920 bits per heavy atom.